The van der Waals surface area contributed by atoms with Crippen LogP contribution < -0.4 is 4.74 Å². The Morgan fingerprint density at radius 1 is 1.33 bits per heavy atom. The lowest BCUT2D eigenvalue weighted by molar-refractivity contribution is -0.274. The van der Waals surface area contributed by atoms with Gasteiger partial charge in [0.1, 0.15) is 5.75 Å². The van der Waals surface area contributed by atoms with Gasteiger partial charge in [0.2, 0.25) is 0 Å². The molecule has 0 atom stereocenters. The molecule has 0 saturated carbocycles. The summed E-state index contributed by atoms with van der Waals surface area (Å²) in [6.45, 7) is 0. The second-order valence-corrected chi connectivity index (χ2v) is 3.43. The molecule has 0 aromatic heterocycles. The van der Waals surface area contributed by atoms with Gasteiger partial charge in [0, 0.05) is 5.56 Å². The molecule has 0 N–H and O–H groups in total. The number of carbonyl (C=O) groups excluding carboxylic acids is 1. The highest BCUT2D eigenvalue weighted by Gasteiger charge is 2.33. The monoisotopic (exact) mass is 288 g/mol. The van der Waals surface area contributed by atoms with Crippen molar-refractivity contribution >= 4 is 17.4 Å². The standard InChI is InChI=1S/C10H6ClF5O2/c11-4-7(17)6-2-1-5(9(12)13)3-8(6)18-10(14,15)16/h1-3,9H,4H2. The Labute approximate surface area is 103 Å². The average molecular weight is 289 g/mol. The minimum atomic E-state index is -5.08. The van der Waals surface area contributed by atoms with Crippen molar-refractivity contribution < 1.29 is 31.5 Å². The van der Waals surface area contributed by atoms with E-state index in [9.17, 15) is 26.7 Å². The number of carbonyl (C=O) groups is 1. The Balaban J connectivity index is 3.22. The second kappa shape index (κ2) is 5.51. The van der Waals surface area contributed by atoms with Crippen LogP contribution >= 0.6 is 11.6 Å². The van der Waals surface area contributed by atoms with Gasteiger partial charge in [-0.2, -0.15) is 0 Å². The number of halogens is 6. The molecule has 8 heteroatoms. The molecule has 0 spiro atoms. The molecule has 0 fully saturated rings. The van der Waals surface area contributed by atoms with Crippen molar-refractivity contribution in [2.75, 3.05) is 5.88 Å². The predicted octanol–water partition coefficient (Wildman–Crippen LogP) is 3.94. The average Bonchev–Trinajstić information content (AvgIpc) is 2.25. The molecular weight excluding hydrogens is 283 g/mol. The maximum Gasteiger partial charge on any atom is 0.573 e. The van der Waals surface area contributed by atoms with Crippen molar-refractivity contribution in [2.45, 2.75) is 12.8 Å². The van der Waals surface area contributed by atoms with Gasteiger partial charge in [-0.15, -0.1) is 24.8 Å². The number of rotatable bonds is 4. The maximum absolute atomic E-state index is 12.3. The normalized spacial score (nSPS) is 11.7. The Bertz CT molecular complexity index is 444. The first-order valence-corrected chi connectivity index (χ1v) is 5.05. The van der Waals surface area contributed by atoms with E-state index >= 15 is 0 Å². The third-order valence-electron chi connectivity index (χ3n) is 1.91. The SMILES string of the molecule is O=C(CCl)c1ccc(C(F)F)cc1OC(F)(F)F. The van der Waals surface area contributed by atoms with Crippen molar-refractivity contribution in [3.63, 3.8) is 0 Å². The molecule has 0 aliphatic carbocycles. The molecule has 0 radical (unpaired) electrons. The van der Waals surface area contributed by atoms with Crippen molar-refractivity contribution in [1.82, 2.24) is 0 Å². The van der Waals surface area contributed by atoms with Gasteiger partial charge in [-0.1, -0.05) is 6.07 Å². The Kier molecular flexibility index (Phi) is 4.50. The number of benzene rings is 1. The smallest absolute Gasteiger partial charge is 0.405 e. The molecule has 1 rings (SSSR count). The van der Waals surface area contributed by atoms with E-state index in [1.807, 2.05) is 0 Å². The fraction of sp³-hybridized carbons (Fsp3) is 0.300. The summed E-state index contributed by atoms with van der Waals surface area (Å²) in [6.07, 6.45) is -8.05. The van der Waals surface area contributed by atoms with Crippen molar-refractivity contribution in [2.24, 2.45) is 0 Å². The van der Waals surface area contributed by atoms with Gasteiger partial charge >= 0.3 is 6.36 Å². The molecule has 2 nitrogen and oxygen atoms in total. The number of hydrogen-bond acceptors (Lipinski definition) is 2. The van der Waals surface area contributed by atoms with Gasteiger partial charge in [0.05, 0.1) is 11.4 Å². The van der Waals surface area contributed by atoms with E-state index in [0.717, 1.165) is 12.1 Å². The van der Waals surface area contributed by atoms with Crippen LogP contribution in [0.25, 0.3) is 0 Å². The van der Waals surface area contributed by atoms with E-state index in [-0.39, 0.29) is 0 Å². The molecule has 0 amide bonds. The van der Waals surface area contributed by atoms with E-state index < -0.39 is 41.3 Å². The number of ketones is 1. The van der Waals surface area contributed by atoms with Gasteiger partial charge in [-0.25, -0.2) is 8.78 Å². The fourth-order valence-electron chi connectivity index (χ4n) is 1.19. The Morgan fingerprint density at radius 2 is 1.94 bits per heavy atom. The largest absolute Gasteiger partial charge is 0.573 e. The lowest BCUT2D eigenvalue weighted by atomic mass is 10.1. The summed E-state index contributed by atoms with van der Waals surface area (Å²) in [7, 11) is 0. The molecule has 0 bridgehead atoms. The summed E-state index contributed by atoms with van der Waals surface area (Å²) in [4.78, 5) is 11.2. The zero-order valence-electron chi connectivity index (χ0n) is 8.60. The van der Waals surface area contributed by atoms with Crippen LogP contribution in [-0.4, -0.2) is 18.0 Å². The first kappa shape index (κ1) is 14.7. The molecule has 0 heterocycles. The van der Waals surface area contributed by atoms with Crippen molar-refractivity contribution in [3.05, 3.63) is 29.3 Å². The first-order chi connectivity index (χ1) is 8.24. The highest BCUT2D eigenvalue weighted by atomic mass is 35.5. The van der Waals surface area contributed by atoms with Crippen LogP contribution in [0.15, 0.2) is 18.2 Å². The first-order valence-electron chi connectivity index (χ1n) is 4.51. The van der Waals surface area contributed by atoms with Gasteiger partial charge in [0.25, 0.3) is 6.43 Å². The van der Waals surface area contributed by atoms with Gasteiger partial charge < -0.3 is 4.74 Å². The zero-order valence-corrected chi connectivity index (χ0v) is 9.36. The summed E-state index contributed by atoms with van der Waals surface area (Å²) in [5.74, 6) is -2.41. The van der Waals surface area contributed by atoms with Crippen LogP contribution in [0, 0.1) is 0 Å². The molecule has 0 aliphatic heterocycles. The zero-order chi connectivity index (χ0) is 13.9. The van der Waals surface area contributed by atoms with Crippen LogP contribution in [0.5, 0.6) is 5.75 Å². The molecule has 0 unspecified atom stereocenters. The molecule has 0 saturated heterocycles. The lowest BCUT2D eigenvalue weighted by Gasteiger charge is -2.13. The number of ether oxygens (including phenoxy) is 1. The molecule has 0 aliphatic rings. The van der Waals surface area contributed by atoms with Crippen LogP contribution in [0.3, 0.4) is 0 Å². The quantitative estimate of drug-likeness (QED) is 0.476. The molecule has 18 heavy (non-hydrogen) atoms. The highest BCUT2D eigenvalue weighted by Crippen LogP contribution is 2.31. The Hall–Kier alpha value is -1.37. The number of Topliss-reactive ketones (excluding diaryl/α,β-unsaturated/α-hetero) is 1. The minimum Gasteiger partial charge on any atom is -0.405 e. The lowest BCUT2D eigenvalue weighted by Crippen LogP contribution is -2.19. The second-order valence-electron chi connectivity index (χ2n) is 3.16. The van der Waals surface area contributed by atoms with Crippen molar-refractivity contribution in [1.29, 1.82) is 0 Å². The van der Waals surface area contributed by atoms with E-state index in [4.69, 9.17) is 11.6 Å². The summed E-state index contributed by atoms with van der Waals surface area (Å²) < 4.78 is 64.4. The highest BCUT2D eigenvalue weighted by molar-refractivity contribution is 6.30. The molecule has 1 aromatic carbocycles. The van der Waals surface area contributed by atoms with Crippen LogP contribution in [0.2, 0.25) is 0 Å². The summed E-state index contributed by atoms with van der Waals surface area (Å²) in [5, 5.41) is 0. The maximum atomic E-state index is 12.3. The minimum absolute atomic E-state index is 0.470. The van der Waals surface area contributed by atoms with Gasteiger partial charge in [-0.3, -0.25) is 4.79 Å². The van der Waals surface area contributed by atoms with Gasteiger partial charge in [-0.05, 0) is 12.1 Å². The van der Waals surface area contributed by atoms with Crippen LogP contribution in [0.4, 0.5) is 22.0 Å². The topological polar surface area (TPSA) is 26.3 Å². The summed E-state index contributed by atoms with van der Waals surface area (Å²) in [5.41, 5.74) is -1.17. The summed E-state index contributed by atoms with van der Waals surface area (Å²) in [6, 6.07) is 2.14. The van der Waals surface area contributed by atoms with E-state index in [2.05, 4.69) is 4.74 Å². The molecule has 100 valence electrons. The fourth-order valence-corrected chi connectivity index (χ4v) is 1.33. The molecular formula is C10H6ClF5O2. The predicted molar refractivity (Wildman–Crippen MR) is 53.1 cm³/mol. The van der Waals surface area contributed by atoms with E-state index in [0.29, 0.717) is 6.07 Å². The Morgan fingerprint density at radius 3 is 2.39 bits per heavy atom. The number of alkyl halides is 6. The van der Waals surface area contributed by atoms with E-state index in [1.54, 1.807) is 0 Å². The third-order valence-corrected chi connectivity index (χ3v) is 2.15. The molecule has 1 aromatic rings. The summed E-state index contributed by atoms with van der Waals surface area (Å²) >= 11 is 5.20. The number of hydrogen-bond donors (Lipinski definition) is 0. The van der Waals surface area contributed by atoms with Crippen LogP contribution in [0.1, 0.15) is 22.3 Å². The van der Waals surface area contributed by atoms with Crippen LogP contribution in [-0.2, 0) is 0 Å². The van der Waals surface area contributed by atoms with E-state index in [1.165, 1.54) is 0 Å². The van der Waals surface area contributed by atoms with Crippen molar-refractivity contribution in [3.8, 4) is 5.75 Å². The van der Waals surface area contributed by atoms with Gasteiger partial charge in [0.15, 0.2) is 5.78 Å². The third kappa shape index (κ3) is 3.83.